The number of halogens is 1. The molecule has 7 heteroatoms. The second-order valence-corrected chi connectivity index (χ2v) is 8.38. The monoisotopic (exact) mass is 457 g/mol. The molecule has 1 aliphatic heterocycles. The minimum atomic E-state index is -0.0972. The molecule has 0 radical (unpaired) electrons. The van der Waals surface area contributed by atoms with E-state index in [2.05, 4.69) is 28.0 Å². The molecule has 152 valence electrons. The zero-order valence-electron chi connectivity index (χ0n) is 16.7. The largest absolute Gasteiger partial charge is 0.497 e. The Labute approximate surface area is 178 Å². The van der Waals surface area contributed by atoms with Crippen molar-refractivity contribution in [3.63, 3.8) is 0 Å². The van der Waals surface area contributed by atoms with Crippen LogP contribution in [0.3, 0.4) is 0 Å². The predicted octanol–water partition coefficient (Wildman–Crippen LogP) is 4.48. The maximum atomic E-state index is 12.7. The predicted molar refractivity (Wildman–Crippen MR) is 114 cm³/mol. The minimum absolute atomic E-state index is 0.0120. The Morgan fingerprint density at radius 2 is 1.97 bits per heavy atom. The normalized spacial score (nSPS) is 18.8. The average molecular weight is 458 g/mol. The number of carbonyl (C=O) groups excluding carboxylic acids is 1. The van der Waals surface area contributed by atoms with Gasteiger partial charge in [0.2, 0.25) is 5.91 Å². The molecular weight excluding hydrogens is 434 g/mol. The molecule has 3 heterocycles. The Bertz CT molecular complexity index is 1020. The van der Waals surface area contributed by atoms with E-state index in [1.54, 1.807) is 17.8 Å². The van der Waals surface area contributed by atoms with Gasteiger partial charge in [-0.1, -0.05) is 12.1 Å². The lowest BCUT2D eigenvalue weighted by molar-refractivity contribution is -0.129. The molecule has 0 aliphatic carbocycles. The summed E-state index contributed by atoms with van der Waals surface area (Å²) in [5.41, 5.74) is 2.01. The van der Waals surface area contributed by atoms with E-state index >= 15 is 0 Å². The number of aromatic nitrogens is 2. The molecule has 3 aromatic rings. The number of hydrogen-bond donors (Lipinski definition) is 0. The van der Waals surface area contributed by atoms with Gasteiger partial charge in [-0.15, -0.1) is 0 Å². The van der Waals surface area contributed by atoms with Crippen molar-refractivity contribution < 1.29 is 14.3 Å². The van der Waals surface area contributed by atoms with Crippen molar-refractivity contribution in [2.45, 2.75) is 32.4 Å². The van der Waals surface area contributed by atoms with Crippen molar-refractivity contribution in [1.29, 1.82) is 0 Å². The highest BCUT2D eigenvalue weighted by Crippen LogP contribution is 2.33. The molecule has 3 unspecified atom stereocenters. The topological polar surface area (TPSA) is 56.1 Å². The van der Waals surface area contributed by atoms with Crippen LogP contribution in [0.4, 0.5) is 0 Å². The zero-order chi connectivity index (χ0) is 20.5. The lowest BCUT2D eigenvalue weighted by Crippen LogP contribution is -2.31. The van der Waals surface area contributed by atoms with Gasteiger partial charge in [-0.3, -0.25) is 4.79 Å². The van der Waals surface area contributed by atoms with E-state index in [1.165, 1.54) is 0 Å². The number of methoxy groups -OCH3 is 1. The number of amides is 1. The lowest BCUT2D eigenvalue weighted by atomic mass is 10.0. The van der Waals surface area contributed by atoms with E-state index < -0.39 is 0 Å². The van der Waals surface area contributed by atoms with Crippen molar-refractivity contribution in [3.05, 3.63) is 58.8 Å². The summed E-state index contributed by atoms with van der Waals surface area (Å²) < 4.78 is 14.2. The molecule has 1 aromatic carbocycles. The van der Waals surface area contributed by atoms with Gasteiger partial charge in [0.05, 0.1) is 19.3 Å². The first kappa shape index (κ1) is 19.8. The first-order valence-corrected chi connectivity index (χ1v) is 10.5. The Kier molecular flexibility index (Phi) is 5.50. The molecule has 29 heavy (non-hydrogen) atoms. The molecule has 1 aliphatic rings. The van der Waals surface area contributed by atoms with Crippen LogP contribution in [0.2, 0.25) is 0 Å². The van der Waals surface area contributed by atoms with Crippen molar-refractivity contribution >= 4 is 27.4 Å². The summed E-state index contributed by atoms with van der Waals surface area (Å²) in [7, 11) is 1.65. The highest BCUT2D eigenvalue weighted by molar-refractivity contribution is 9.10. The fraction of sp³-hybridized carbons (Fsp3) is 0.364. The summed E-state index contributed by atoms with van der Waals surface area (Å²) in [6.07, 6.45) is 4.03. The van der Waals surface area contributed by atoms with E-state index in [0.717, 1.165) is 27.1 Å². The third kappa shape index (κ3) is 3.96. The van der Waals surface area contributed by atoms with Gasteiger partial charge in [0.1, 0.15) is 23.1 Å². The fourth-order valence-corrected chi connectivity index (χ4v) is 4.27. The molecule has 2 aromatic heterocycles. The van der Waals surface area contributed by atoms with E-state index in [0.29, 0.717) is 13.0 Å². The van der Waals surface area contributed by atoms with Crippen LogP contribution in [0.15, 0.2) is 53.3 Å². The molecule has 1 amide bonds. The number of benzene rings is 1. The molecule has 0 bridgehead atoms. The van der Waals surface area contributed by atoms with E-state index in [1.807, 2.05) is 54.4 Å². The molecular formula is C22H24BrN3O3. The van der Waals surface area contributed by atoms with Gasteiger partial charge in [0.25, 0.3) is 0 Å². The molecule has 3 atom stereocenters. The van der Waals surface area contributed by atoms with Crippen LogP contribution in [0.1, 0.15) is 31.9 Å². The summed E-state index contributed by atoms with van der Waals surface area (Å²) in [6, 6.07) is 11.8. The number of hydrogen-bond acceptors (Lipinski definition) is 4. The minimum Gasteiger partial charge on any atom is -0.497 e. The number of pyridine rings is 1. The SMILES string of the molecule is COc1ccc(C(C)N2CC(C(C)Oc3cc(Br)cn4nccc34)CC2=O)cc1. The molecule has 6 nitrogen and oxygen atoms in total. The molecule has 1 saturated heterocycles. The van der Waals surface area contributed by atoms with Crippen molar-refractivity contribution in [1.82, 2.24) is 14.5 Å². The summed E-state index contributed by atoms with van der Waals surface area (Å²) in [5.74, 6) is 1.87. The zero-order valence-corrected chi connectivity index (χ0v) is 18.3. The van der Waals surface area contributed by atoms with E-state index in [9.17, 15) is 4.79 Å². The highest BCUT2D eigenvalue weighted by Gasteiger charge is 2.37. The van der Waals surface area contributed by atoms with Crippen molar-refractivity contribution in [2.24, 2.45) is 5.92 Å². The molecule has 0 N–H and O–H groups in total. The van der Waals surface area contributed by atoms with Gasteiger partial charge in [-0.05, 0) is 59.6 Å². The lowest BCUT2D eigenvalue weighted by Gasteiger charge is -2.27. The summed E-state index contributed by atoms with van der Waals surface area (Å²) in [6.45, 7) is 4.78. The highest BCUT2D eigenvalue weighted by atomic mass is 79.9. The number of nitrogens with zero attached hydrogens (tertiary/aromatic N) is 3. The van der Waals surface area contributed by atoms with Crippen LogP contribution < -0.4 is 9.47 Å². The van der Waals surface area contributed by atoms with Crippen LogP contribution in [-0.2, 0) is 4.79 Å². The van der Waals surface area contributed by atoms with Crippen LogP contribution in [-0.4, -0.2) is 40.2 Å². The fourth-order valence-electron chi connectivity index (χ4n) is 3.87. The number of likely N-dealkylation sites (tertiary alicyclic amines) is 1. The molecule has 0 saturated carbocycles. The maximum Gasteiger partial charge on any atom is 0.223 e. The third-order valence-electron chi connectivity index (χ3n) is 5.67. The van der Waals surface area contributed by atoms with Crippen LogP contribution in [0.5, 0.6) is 11.5 Å². The average Bonchev–Trinajstić information content (AvgIpc) is 3.34. The Hall–Kier alpha value is -2.54. The van der Waals surface area contributed by atoms with Gasteiger partial charge >= 0.3 is 0 Å². The van der Waals surface area contributed by atoms with Gasteiger partial charge in [0.15, 0.2) is 0 Å². The molecule has 0 spiro atoms. The molecule has 1 fully saturated rings. The van der Waals surface area contributed by atoms with Gasteiger partial charge in [-0.25, -0.2) is 4.52 Å². The standard InChI is InChI=1S/C22H24BrN3O3/c1-14(16-4-6-19(28-3)7-5-16)25-12-17(10-22(25)27)15(2)29-21-11-18(23)13-26-20(21)8-9-24-26/h4-9,11,13-15,17H,10,12H2,1-3H3. The van der Waals surface area contributed by atoms with Crippen molar-refractivity contribution in [3.8, 4) is 11.5 Å². The second-order valence-electron chi connectivity index (χ2n) is 7.47. The van der Waals surface area contributed by atoms with Gasteiger partial charge in [0, 0.05) is 29.6 Å². The van der Waals surface area contributed by atoms with Gasteiger partial charge in [-0.2, -0.15) is 5.10 Å². The number of carbonyl (C=O) groups is 1. The summed E-state index contributed by atoms with van der Waals surface area (Å²) in [4.78, 5) is 14.7. The van der Waals surface area contributed by atoms with Gasteiger partial charge < -0.3 is 14.4 Å². The Morgan fingerprint density at radius 1 is 1.21 bits per heavy atom. The third-order valence-corrected chi connectivity index (χ3v) is 6.10. The number of rotatable bonds is 6. The maximum absolute atomic E-state index is 12.7. The van der Waals surface area contributed by atoms with Crippen LogP contribution >= 0.6 is 15.9 Å². The van der Waals surface area contributed by atoms with E-state index in [4.69, 9.17) is 9.47 Å². The Balaban J connectivity index is 1.47. The first-order chi connectivity index (χ1) is 14.0. The number of fused-ring (bicyclic) bond motifs is 1. The summed E-state index contributed by atoms with van der Waals surface area (Å²) in [5, 5.41) is 4.27. The first-order valence-electron chi connectivity index (χ1n) is 9.69. The summed E-state index contributed by atoms with van der Waals surface area (Å²) >= 11 is 3.50. The quantitative estimate of drug-likeness (QED) is 0.547. The van der Waals surface area contributed by atoms with Crippen molar-refractivity contribution in [2.75, 3.05) is 13.7 Å². The molecule has 4 rings (SSSR count). The second kappa shape index (κ2) is 8.06. The number of ether oxygens (including phenoxy) is 2. The Morgan fingerprint density at radius 3 is 2.69 bits per heavy atom. The van der Waals surface area contributed by atoms with E-state index in [-0.39, 0.29) is 24.0 Å². The van der Waals surface area contributed by atoms with Crippen LogP contribution in [0, 0.1) is 5.92 Å². The smallest absolute Gasteiger partial charge is 0.223 e. The van der Waals surface area contributed by atoms with Crippen LogP contribution in [0.25, 0.3) is 5.52 Å².